The lowest BCUT2D eigenvalue weighted by Crippen LogP contribution is -2.51. The minimum Gasteiger partial charge on any atom is -0.382 e. The van der Waals surface area contributed by atoms with Crippen molar-refractivity contribution in [1.29, 1.82) is 0 Å². The average Bonchev–Trinajstić information content (AvgIpc) is 2.35. The molecule has 4 nitrogen and oxygen atoms in total. The van der Waals surface area contributed by atoms with Gasteiger partial charge in [0.2, 0.25) is 0 Å². The van der Waals surface area contributed by atoms with Gasteiger partial charge in [-0.05, 0) is 19.5 Å². The Morgan fingerprint density at radius 1 is 1.39 bits per heavy atom. The molecule has 1 fully saturated rings. The molecule has 0 saturated carbocycles. The van der Waals surface area contributed by atoms with Crippen LogP contribution in [0, 0.1) is 0 Å². The number of hydrogen-bond acceptors (Lipinski definition) is 4. The maximum Gasteiger partial charge on any atom is 0.150 e. The van der Waals surface area contributed by atoms with Gasteiger partial charge in [0, 0.05) is 25.7 Å². The van der Waals surface area contributed by atoms with E-state index in [2.05, 4.69) is 28.8 Å². The van der Waals surface area contributed by atoms with Gasteiger partial charge in [-0.1, -0.05) is 30.1 Å². The predicted octanol–water partition coefficient (Wildman–Crippen LogP) is 2.50. The standard InChI is InChI=1S/C12H18Cl2N4/c1-3-8-7-18(5-4-17(8)2)12-10(14)6-9(13)11(15)16-12/h6,8H,3-5,7H2,1-2H3,(H2,15,16). The van der Waals surface area contributed by atoms with Crippen LogP contribution in [0.15, 0.2) is 6.07 Å². The van der Waals surface area contributed by atoms with Crippen molar-refractivity contribution in [3.05, 3.63) is 16.1 Å². The highest BCUT2D eigenvalue weighted by atomic mass is 35.5. The van der Waals surface area contributed by atoms with E-state index in [0.717, 1.165) is 31.9 Å². The molecule has 2 N–H and O–H groups in total. The lowest BCUT2D eigenvalue weighted by molar-refractivity contribution is 0.213. The second kappa shape index (κ2) is 5.51. The van der Waals surface area contributed by atoms with Crippen LogP contribution in [0.4, 0.5) is 11.6 Å². The summed E-state index contributed by atoms with van der Waals surface area (Å²) in [5, 5.41) is 0.971. The molecule has 0 spiro atoms. The van der Waals surface area contributed by atoms with Crippen molar-refractivity contribution in [2.45, 2.75) is 19.4 Å². The number of pyridine rings is 1. The highest BCUT2D eigenvalue weighted by Crippen LogP contribution is 2.31. The zero-order valence-electron chi connectivity index (χ0n) is 10.7. The quantitative estimate of drug-likeness (QED) is 0.908. The number of aromatic nitrogens is 1. The largest absolute Gasteiger partial charge is 0.382 e. The van der Waals surface area contributed by atoms with Crippen molar-refractivity contribution >= 4 is 34.8 Å². The molecule has 2 heterocycles. The first-order chi connectivity index (χ1) is 8.52. The maximum absolute atomic E-state index is 6.20. The molecule has 1 aromatic heterocycles. The fraction of sp³-hybridized carbons (Fsp3) is 0.583. The van der Waals surface area contributed by atoms with Crippen molar-refractivity contribution in [2.24, 2.45) is 0 Å². The maximum atomic E-state index is 6.20. The number of hydrogen-bond donors (Lipinski definition) is 1. The first kappa shape index (κ1) is 13.7. The molecular formula is C12H18Cl2N4. The van der Waals surface area contributed by atoms with Gasteiger partial charge in [-0.3, -0.25) is 4.90 Å². The zero-order valence-corrected chi connectivity index (χ0v) is 12.2. The van der Waals surface area contributed by atoms with Crippen LogP contribution in [0.5, 0.6) is 0 Å². The lowest BCUT2D eigenvalue weighted by atomic mass is 10.1. The summed E-state index contributed by atoms with van der Waals surface area (Å²) >= 11 is 12.1. The normalized spacial score (nSPS) is 21.3. The summed E-state index contributed by atoms with van der Waals surface area (Å²) in [5.41, 5.74) is 5.75. The minimum atomic E-state index is 0.336. The Morgan fingerprint density at radius 3 is 2.78 bits per heavy atom. The Kier molecular flexibility index (Phi) is 4.20. The second-order valence-electron chi connectivity index (χ2n) is 4.65. The summed E-state index contributed by atoms with van der Waals surface area (Å²) < 4.78 is 0. The third-order valence-corrected chi connectivity index (χ3v) is 4.07. The molecule has 1 aliphatic heterocycles. The number of nitrogens with zero attached hydrogens (tertiary/aromatic N) is 3. The third kappa shape index (κ3) is 2.66. The molecule has 2 rings (SSSR count). The van der Waals surface area contributed by atoms with Gasteiger partial charge < -0.3 is 10.6 Å². The van der Waals surface area contributed by atoms with E-state index in [9.17, 15) is 0 Å². The van der Waals surface area contributed by atoms with Crippen molar-refractivity contribution < 1.29 is 0 Å². The van der Waals surface area contributed by atoms with E-state index in [1.807, 2.05) is 0 Å². The molecule has 0 amide bonds. The zero-order chi connectivity index (χ0) is 13.3. The van der Waals surface area contributed by atoms with E-state index < -0.39 is 0 Å². The summed E-state index contributed by atoms with van der Waals surface area (Å²) in [7, 11) is 2.15. The monoisotopic (exact) mass is 288 g/mol. The smallest absolute Gasteiger partial charge is 0.150 e. The third-order valence-electron chi connectivity index (χ3n) is 3.49. The number of nitrogen functional groups attached to an aromatic ring is 1. The molecule has 100 valence electrons. The molecule has 6 heteroatoms. The molecule has 0 radical (unpaired) electrons. The molecule has 0 bridgehead atoms. The van der Waals surface area contributed by atoms with Crippen LogP contribution in [0.3, 0.4) is 0 Å². The fourth-order valence-corrected chi connectivity index (χ4v) is 2.75. The first-order valence-electron chi connectivity index (χ1n) is 6.09. The summed E-state index contributed by atoms with van der Waals surface area (Å²) in [5.74, 6) is 1.08. The van der Waals surface area contributed by atoms with Crippen LogP contribution in [0.25, 0.3) is 0 Å². The Bertz CT molecular complexity index is 438. The summed E-state index contributed by atoms with van der Waals surface area (Å²) in [6, 6.07) is 2.19. The topological polar surface area (TPSA) is 45.4 Å². The molecule has 1 atom stereocenters. The molecule has 1 unspecified atom stereocenters. The van der Waals surface area contributed by atoms with Gasteiger partial charge in [0.25, 0.3) is 0 Å². The number of piperazine rings is 1. The van der Waals surface area contributed by atoms with E-state index >= 15 is 0 Å². The van der Waals surface area contributed by atoms with Gasteiger partial charge >= 0.3 is 0 Å². The molecular weight excluding hydrogens is 271 g/mol. The molecule has 1 aromatic rings. The SMILES string of the molecule is CCC1CN(c2nc(N)c(Cl)cc2Cl)CCN1C. The summed E-state index contributed by atoms with van der Waals surface area (Å²) in [6.45, 7) is 5.01. The van der Waals surface area contributed by atoms with E-state index in [1.165, 1.54) is 0 Å². The fourth-order valence-electron chi connectivity index (χ4n) is 2.27. The van der Waals surface area contributed by atoms with Crippen LogP contribution in [-0.2, 0) is 0 Å². The molecule has 18 heavy (non-hydrogen) atoms. The van der Waals surface area contributed by atoms with Gasteiger partial charge in [-0.15, -0.1) is 0 Å². The van der Waals surface area contributed by atoms with Crippen molar-refractivity contribution in [2.75, 3.05) is 37.3 Å². The lowest BCUT2D eigenvalue weighted by Gasteiger charge is -2.40. The van der Waals surface area contributed by atoms with Crippen LogP contribution < -0.4 is 10.6 Å². The van der Waals surface area contributed by atoms with Crippen molar-refractivity contribution in [3.63, 3.8) is 0 Å². The Balaban J connectivity index is 2.24. The van der Waals surface area contributed by atoms with E-state index in [-0.39, 0.29) is 0 Å². The van der Waals surface area contributed by atoms with Crippen LogP contribution >= 0.6 is 23.2 Å². The molecule has 0 aliphatic carbocycles. The molecule has 1 saturated heterocycles. The van der Waals surface area contributed by atoms with Gasteiger partial charge in [-0.2, -0.15) is 0 Å². The minimum absolute atomic E-state index is 0.336. The van der Waals surface area contributed by atoms with Crippen molar-refractivity contribution in [1.82, 2.24) is 9.88 Å². The van der Waals surface area contributed by atoms with Crippen LogP contribution in [0.1, 0.15) is 13.3 Å². The predicted molar refractivity (Wildman–Crippen MR) is 77.6 cm³/mol. The van der Waals surface area contributed by atoms with E-state index in [4.69, 9.17) is 28.9 Å². The first-order valence-corrected chi connectivity index (χ1v) is 6.85. The number of anilines is 2. The molecule has 0 aromatic carbocycles. The summed E-state index contributed by atoms with van der Waals surface area (Å²) in [4.78, 5) is 8.86. The van der Waals surface area contributed by atoms with Gasteiger partial charge in [0.1, 0.15) is 11.6 Å². The number of likely N-dealkylation sites (N-methyl/N-ethyl adjacent to an activating group) is 1. The second-order valence-corrected chi connectivity index (χ2v) is 5.46. The van der Waals surface area contributed by atoms with Crippen LogP contribution in [0.2, 0.25) is 10.0 Å². The van der Waals surface area contributed by atoms with Gasteiger partial charge in [0.05, 0.1) is 10.0 Å². The Labute approximate surface area is 118 Å². The Morgan fingerprint density at radius 2 is 2.11 bits per heavy atom. The number of rotatable bonds is 2. The summed E-state index contributed by atoms with van der Waals surface area (Å²) in [6.07, 6.45) is 1.10. The van der Waals surface area contributed by atoms with Gasteiger partial charge in [0.15, 0.2) is 0 Å². The highest BCUT2D eigenvalue weighted by molar-refractivity contribution is 6.37. The Hall–Kier alpha value is -0.710. The van der Waals surface area contributed by atoms with Crippen LogP contribution in [-0.4, -0.2) is 42.6 Å². The van der Waals surface area contributed by atoms with E-state index in [0.29, 0.717) is 21.9 Å². The average molecular weight is 289 g/mol. The molecule has 1 aliphatic rings. The van der Waals surface area contributed by atoms with E-state index in [1.54, 1.807) is 6.07 Å². The van der Waals surface area contributed by atoms with Crippen molar-refractivity contribution in [3.8, 4) is 0 Å². The highest BCUT2D eigenvalue weighted by Gasteiger charge is 2.25. The number of halogens is 2. The van der Waals surface area contributed by atoms with Gasteiger partial charge in [-0.25, -0.2) is 4.98 Å². The number of nitrogens with two attached hydrogens (primary N) is 1.